The van der Waals surface area contributed by atoms with Crippen molar-refractivity contribution in [2.45, 2.75) is 31.9 Å². The topological polar surface area (TPSA) is 40.5 Å². The van der Waals surface area contributed by atoms with Gasteiger partial charge in [0.2, 0.25) is 0 Å². The van der Waals surface area contributed by atoms with E-state index in [1.807, 2.05) is 0 Å². The van der Waals surface area contributed by atoms with Crippen molar-refractivity contribution in [3.63, 3.8) is 0 Å². The van der Waals surface area contributed by atoms with E-state index in [1.54, 1.807) is 0 Å². The van der Waals surface area contributed by atoms with Gasteiger partial charge in [0.05, 0.1) is 13.2 Å². The Morgan fingerprint density at radius 3 is 1.93 bits per heavy atom. The van der Waals surface area contributed by atoms with Crippen molar-refractivity contribution in [3.8, 4) is 0 Å². The summed E-state index contributed by atoms with van der Waals surface area (Å²) >= 11 is 0. The summed E-state index contributed by atoms with van der Waals surface area (Å²) in [5.41, 5.74) is -0.854. The average Bonchev–Trinajstić information content (AvgIpc) is 2.14. The molecule has 5 heteroatoms. The molecule has 0 unspecified atom stereocenters. The van der Waals surface area contributed by atoms with E-state index in [-0.39, 0.29) is 26.1 Å². The molecule has 0 aliphatic heterocycles. The number of alkyl halides is 3. The lowest BCUT2D eigenvalue weighted by molar-refractivity contribution is -0.137. The van der Waals surface area contributed by atoms with E-state index in [4.69, 9.17) is 10.2 Å². The number of aliphatic hydroxyl groups is 2. The second kappa shape index (κ2) is 6.12. The van der Waals surface area contributed by atoms with Gasteiger partial charge >= 0.3 is 6.18 Å². The summed E-state index contributed by atoms with van der Waals surface area (Å²) in [5, 5.41) is 18.1. The van der Waals surface area contributed by atoms with Crippen LogP contribution in [0.1, 0.15) is 25.7 Å². The largest absolute Gasteiger partial charge is 0.396 e. The molecule has 0 bridgehead atoms. The fraction of sp³-hybridized carbons (Fsp3) is 0.800. The van der Waals surface area contributed by atoms with Gasteiger partial charge in [-0.05, 0) is 19.3 Å². The Morgan fingerprint density at radius 2 is 1.60 bits per heavy atom. The molecule has 15 heavy (non-hydrogen) atoms. The molecule has 0 atom stereocenters. The van der Waals surface area contributed by atoms with Crippen LogP contribution in [0.15, 0.2) is 12.7 Å². The lowest BCUT2D eigenvalue weighted by Crippen LogP contribution is -2.29. The molecule has 0 radical (unpaired) electrons. The van der Waals surface area contributed by atoms with E-state index in [9.17, 15) is 13.2 Å². The molecule has 0 aromatic carbocycles. The molecular weight excluding hydrogens is 209 g/mol. The molecule has 0 fully saturated rings. The van der Waals surface area contributed by atoms with Crippen molar-refractivity contribution in [1.82, 2.24) is 0 Å². The van der Waals surface area contributed by atoms with Gasteiger partial charge in [-0.2, -0.15) is 13.2 Å². The Bertz CT molecular complexity index is 186. The van der Waals surface area contributed by atoms with E-state index >= 15 is 0 Å². The number of aliphatic hydroxyl groups excluding tert-OH is 2. The Balaban J connectivity index is 4.12. The first-order valence-electron chi connectivity index (χ1n) is 4.78. The monoisotopic (exact) mass is 226 g/mol. The maximum Gasteiger partial charge on any atom is 0.389 e. The summed E-state index contributed by atoms with van der Waals surface area (Å²) in [6, 6.07) is 0. The van der Waals surface area contributed by atoms with E-state index in [1.165, 1.54) is 6.08 Å². The lowest BCUT2D eigenvalue weighted by atomic mass is 9.81. The molecule has 90 valence electrons. The van der Waals surface area contributed by atoms with Gasteiger partial charge in [0.1, 0.15) is 0 Å². The molecule has 2 N–H and O–H groups in total. The molecule has 0 aromatic rings. The molecule has 0 spiro atoms. The minimum absolute atomic E-state index is 0.0849. The maximum absolute atomic E-state index is 11.9. The first-order valence-corrected chi connectivity index (χ1v) is 4.78. The van der Waals surface area contributed by atoms with Crippen molar-refractivity contribution < 1.29 is 23.4 Å². The van der Waals surface area contributed by atoms with E-state index in [0.29, 0.717) is 6.42 Å². The summed E-state index contributed by atoms with van der Waals surface area (Å²) in [7, 11) is 0. The zero-order valence-electron chi connectivity index (χ0n) is 8.56. The number of allylic oxidation sites excluding steroid dienone is 1. The van der Waals surface area contributed by atoms with Crippen molar-refractivity contribution >= 4 is 0 Å². The molecule has 2 nitrogen and oxygen atoms in total. The molecule has 0 saturated carbocycles. The van der Waals surface area contributed by atoms with Crippen LogP contribution in [0.5, 0.6) is 0 Å². The first kappa shape index (κ1) is 14.5. The third kappa shape index (κ3) is 5.79. The predicted octanol–water partition coefficient (Wildman–Crippen LogP) is 2.27. The van der Waals surface area contributed by atoms with Crippen LogP contribution in [0.4, 0.5) is 13.2 Å². The van der Waals surface area contributed by atoms with Gasteiger partial charge in [-0.1, -0.05) is 6.08 Å². The van der Waals surface area contributed by atoms with Crippen LogP contribution in [0.25, 0.3) is 0 Å². The molecule has 0 saturated heterocycles. The van der Waals surface area contributed by atoms with Crippen LogP contribution in [0.2, 0.25) is 0 Å². The molecule has 0 aliphatic rings. The Morgan fingerprint density at radius 1 is 1.07 bits per heavy atom. The van der Waals surface area contributed by atoms with Gasteiger partial charge in [0.15, 0.2) is 0 Å². The Labute approximate surface area is 87.4 Å². The van der Waals surface area contributed by atoms with Crippen LogP contribution in [0, 0.1) is 5.41 Å². The van der Waals surface area contributed by atoms with Gasteiger partial charge in [-0.3, -0.25) is 0 Å². The summed E-state index contributed by atoms with van der Waals surface area (Å²) in [6.45, 7) is 2.80. The highest BCUT2D eigenvalue weighted by atomic mass is 19.4. The van der Waals surface area contributed by atoms with Crippen molar-refractivity contribution in [2.75, 3.05) is 13.2 Å². The summed E-state index contributed by atoms with van der Waals surface area (Å²) < 4.78 is 35.6. The number of rotatable bonds is 7. The highest BCUT2D eigenvalue weighted by Crippen LogP contribution is 2.31. The number of halogens is 3. The minimum atomic E-state index is -4.18. The van der Waals surface area contributed by atoms with Gasteiger partial charge in [-0.25, -0.2) is 0 Å². The highest BCUT2D eigenvalue weighted by molar-refractivity contribution is 4.85. The van der Waals surface area contributed by atoms with Gasteiger partial charge < -0.3 is 10.2 Å². The van der Waals surface area contributed by atoms with E-state index in [0.717, 1.165) is 0 Å². The Kier molecular flexibility index (Phi) is 5.90. The van der Waals surface area contributed by atoms with Crippen LogP contribution in [-0.2, 0) is 0 Å². The fourth-order valence-electron chi connectivity index (χ4n) is 1.41. The van der Waals surface area contributed by atoms with Crippen LogP contribution >= 0.6 is 0 Å². The predicted molar refractivity (Wildman–Crippen MR) is 51.3 cm³/mol. The quantitative estimate of drug-likeness (QED) is 0.654. The molecule has 0 aromatic heterocycles. The van der Waals surface area contributed by atoms with Crippen LogP contribution in [-0.4, -0.2) is 29.6 Å². The standard InChI is InChI=1S/C10H17F3O2/c1-2-4-9(7-14,8-15)5-3-6-10(11,12)13/h2,14-15H,1,3-8H2. The lowest BCUT2D eigenvalue weighted by Gasteiger charge is -2.28. The third-order valence-electron chi connectivity index (χ3n) is 2.42. The summed E-state index contributed by atoms with van der Waals surface area (Å²) in [6.07, 6.45) is -3.18. The molecular formula is C10H17F3O2. The minimum Gasteiger partial charge on any atom is -0.396 e. The highest BCUT2D eigenvalue weighted by Gasteiger charge is 2.31. The van der Waals surface area contributed by atoms with Crippen molar-refractivity contribution in [2.24, 2.45) is 5.41 Å². The normalized spacial score (nSPS) is 12.9. The summed E-state index contributed by atoms with van der Waals surface area (Å²) in [4.78, 5) is 0. The molecule has 0 heterocycles. The van der Waals surface area contributed by atoms with Gasteiger partial charge in [-0.15, -0.1) is 6.58 Å². The second-order valence-electron chi connectivity index (χ2n) is 3.78. The smallest absolute Gasteiger partial charge is 0.389 e. The van der Waals surface area contributed by atoms with Gasteiger partial charge in [0, 0.05) is 11.8 Å². The zero-order valence-corrected chi connectivity index (χ0v) is 8.56. The van der Waals surface area contributed by atoms with Crippen LogP contribution in [0.3, 0.4) is 0 Å². The zero-order chi connectivity index (χ0) is 11.9. The molecule has 0 aliphatic carbocycles. The fourth-order valence-corrected chi connectivity index (χ4v) is 1.41. The van der Waals surface area contributed by atoms with Crippen molar-refractivity contribution in [1.29, 1.82) is 0 Å². The van der Waals surface area contributed by atoms with Crippen LogP contribution < -0.4 is 0 Å². The Hall–Kier alpha value is -0.550. The van der Waals surface area contributed by atoms with Crippen molar-refractivity contribution in [3.05, 3.63) is 12.7 Å². The second-order valence-corrected chi connectivity index (χ2v) is 3.78. The SMILES string of the molecule is C=CCC(CO)(CO)CCCC(F)(F)F. The first-order chi connectivity index (χ1) is 6.89. The maximum atomic E-state index is 11.9. The summed E-state index contributed by atoms with van der Waals surface area (Å²) in [5.74, 6) is 0. The van der Waals surface area contributed by atoms with E-state index in [2.05, 4.69) is 6.58 Å². The van der Waals surface area contributed by atoms with E-state index < -0.39 is 18.0 Å². The van der Waals surface area contributed by atoms with Gasteiger partial charge in [0.25, 0.3) is 0 Å². The molecule has 0 rings (SSSR count). The third-order valence-corrected chi connectivity index (χ3v) is 2.42. The average molecular weight is 226 g/mol. The molecule has 0 amide bonds. The number of hydrogen-bond donors (Lipinski definition) is 2. The number of hydrogen-bond acceptors (Lipinski definition) is 2.